The summed E-state index contributed by atoms with van der Waals surface area (Å²) in [5, 5.41) is 10.7. The van der Waals surface area contributed by atoms with Crippen LogP contribution in [-0.2, 0) is 11.8 Å². The van der Waals surface area contributed by atoms with Crippen LogP contribution in [0.15, 0.2) is 39.9 Å². The van der Waals surface area contributed by atoms with Crippen molar-refractivity contribution in [2.45, 2.75) is 45.1 Å². The van der Waals surface area contributed by atoms with E-state index >= 15 is 0 Å². The number of aromatic amines is 1. The molecule has 174 valence electrons. The number of aromatic hydroxyl groups is 1. The second-order valence-corrected chi connectivity index (χ2v) is 9.40. The SMILES string of the molecule is Cn1c(=O)[nH]c2nc(-c3ccccc3O)cc(C3CCCN(C(=O)OC(C)(C)C)C3)c2c1=O. The van der Waals surface area contributed by atoms with E-state index < -0.39 is 22.9 Å². The van der Waals surface area contributed by atoms with Gasteiger partial charge in [0, 0.05) is 31.6 Å². The molecule has 3 aromatic rings. The van der Waals surface area contributed by atoms with Gasteiger partial charge in [0.25, 0.3) is 5.56 Å². The summed E-state index contributed by atoms with van der Waals surface area (Å²) >= 11 is 0. The van der Waals surface area contributed by atoms with E-state index in [1.165, 1.54) is 7.05 Å². The molecule has 0 aliphatic carbocycles. The molecule has 1 aliphatic heterocycles. The van der Waals surface area contributed by atoms with Crippen LogP contribution < -0.4 is 11.2 Å². The number of fused-ring (bicyclic) bond motifs is 1. The standard InChI is InChI=1S/C24H28N4O5/c1-24(2,3)33-23(32)28-11-7-8-14(13-28)16-12-17(15-9-5-6-10-18(15)29)25-20-19(16)21(30)27(4)22(31)26-20/h5-6,9-10,12,14,29H,7-8,11,13H2,1-4H3,(H,25,26,31). The number of ether oxygens (including phenoxy) is 1. The Hall–Kier alpha value is -3.62. The summed E-state index contributed by atoms with van der Waals surface area (Å²) < 4.78 is 6.56. The highest BCUT2D eigenvalue weighted by Gasteiger charge is 2.30. The summed E-state index contributed by atoms with van der Waals surface area (Å²) in [6.07, 6.45) is 1.09. The Labute approximate surface area is 190 Å². The van der Waals surface area contributed by atoms with Crippen molar-refractivity contribution in [3.8, 4) is 17.0 Å². The number of aromatic nitrogens is 3. The van der Waals surface area contributed by atoms with Gasteiger partial charge >= 0.3 is 11.8 Å². The highest BCUT2D eigenvalue weighted by atomic mass is 16.6. The van der Waals surface area contributed by atoms with Crippen molar-refractivity contribution in [2.75, 3.05) is 13.1 Å². The summed E-state index contributed by atoms with van der Waals surface area (Å²) in [7, 11) is 1.41. The van der Waals surface area contributed by atoms with Gasteiger partial charge in [-0.2, -0.15) is 0 Å². The van der Waals surface area contributed by atoms with Gasteiger partial charge in [0.2, 0.25) is 0 Å². The Morgan fingerprint density at radius 1 is 1.24 bits per heavy atom. The van der Waals surface area contributed by atoms with Crippen molar-refractivity contribution < 1.29 is 14.6 Å². The van der Waals surface area contributed by atoms with Gasteiger partial charge in [-0.3, -0.25) is 14.3 Å². The molecule has 3 heterocycles. The number of nitrogens with one attached hydrogen (secondary N) is 1. The van der Waals surface area contributed by atoms with Crippen LogP contribution in [0, 0.1) is 0 Å². The molecule has 9 heteroatoms. The molecule has 1 aromatic carbocycles. The number of nitrogens with zero attached hydrogens (tertiary/aromatic N) is 3. The van der Waals surface area contributed by atoms with Crippen LogP contribution in [0.25, 0.3) is 22.3 Å². The molecule has 0 spiro atoms. The van der Waals surface area contributed by atoms with Crippen LogP contribution in [0.1, 0.15) is 45.1 Å². The first-order valence-electron chi connectivity index (χ1n) is 11.0. The zero-order valence-corrected chi connectivity index (χ0v) is 19.2. The number of likely N-dealkylation sites (tertiary alicyclic amines) is 1. The lowest BCUT2D eigenvalue weighted by Gasteiger charge is -2.34. The fourth-order valence-electron chi connectivity index (χ4n) is 4.20. The van der Waals surface area contributed by atoms with Gasteiger partial charge in [-0.25, -0.2) is 14.6 Å². The Kier molecular flexibility index (Phi) is 5.73. The van der Waals surface area contributed by atoms with E-state index in [0.29, 0.717) is 35.3 Å². The summed E-state index contributed by atoms with van der Waals surface area (Å²) in [5.74, 6) is -0.125. The highest BCUT2D eigenvalue weighted by Crippen LogP contribution is 2.35. The van der Waals surface area contributed by atoms with Crippen LogP contribution in [0.4, 0.5) is 4.79 Å². The maximum Gasteiger partial charge on any atom is 0.410 e. The van der Waals surface area contributed by atoms with E-state index in [2.05, 4.69) is 9.97 Å². The maximum atomic E-state index is 13.1. The number of phenolic OH excluding ortho intramolecular Hbond substituents is 1. The van der Waals surface area contributed by atoms with Crippen LogP contribution in [0.3, 0.4) is 0 Å². The molecule has 0 bridgehead atoms. The van der Waals surface area contributed by atoms with E-state index in [1.54, 1.807) is 35.2 Å². The molecule has 1 aliphatic rings. The number of amides is 1. The first kappa shape index (κ1) is 22.6. The monoisotopic (exact) mass is 452 g/mol. The lowest BCUT2D eigenvalue weighted by molar-refractivity contribution is 0.0198. The fraction of sp³-hybridized carbons (Fsp3) is 0.417. The molecule has 2 N–H and O–H groups in total. The Morgan fingerprint density at radius 2 is 1.97 bits per heavy atom. The van der Waals surface area contributed by atoms with Gasteiger partial charge in [0.05, 0.1) is 11.1 Å². The third-order valence-electron chi connectivity index (χ3n) is 5.79. The quantitative estimate of drug-likeness (QED) is 0.617. The van der Waals surface area contributed by atoms with E-state index in [1.807, 2.05) is 20.8 Å². The molecule has 2 aromatic heterocycles. The Morgan fingerprint density at radius 3 is 2.67 bits per heavy atom. The molecule has 9 nitrogen and oxygen atoms in total. The summed E-state index contributed by atoms with van der Waals surface area (Å²) in [4.78, 5) is 46.9. The van der Waals surface area contributed by atoms with Crippen molar-refractivity contribution in [3.05, 3.63) is 56.7 Å². The Bertz CT molecular complexity index is 1340. The Balaban J connectivity index is 1.86. The number of hydrogen-bond donors (Lipinski definition) is 2. The van der Waals surface area contributed by atoms with Gasteiger partial charge in [0.1, 0.15) is 17.0 Å². The predicted molar refractivity (Wildman–Crippen MR) is 124 cm³/mol. The van der Waals surface area contributed by atoms with Crippen molar-refractivity contribution >= 4 is 17.1 Å². The zero-order valence-electron chi connectivity index (χ0n) is 19.2. The van der Waals surface area contributed by atoms with Crippen LogP contribution in [0.2, 0.25) is 0 Å². The number of carbonyl (C=O) groups excluding carboxylic acids is 1. The van der Waals surface area contributed by atoms with Crippen LogP contribution in [-0.4, -0.2) is 49.3 Å². The normalized spacial score (nSPS) is 16.7. The van der Waals surface area contributed by atoms with Gasteiger partial charge in [-0.1, -0.05) is 12.1 Å². The van der Waals surface area contributed by atoms with Crippen LogP contribution in [0.5, 0.6) is 5.75 Å². The average Bonchev–Trinajstić information content (AvgIpc) is 2.76. The number of para-hydroxylation sites is 1. The third-order valence-corrected chi connectivity index (χ3v) is 5.79. The molecule has 33 heavy (non-hydrogen) atoms. The smallest absolute Gasteiger partial charge is 0.410 e. The number of benzene rings is 1. The maximum absolute atomic E-state index is 13.1. The summed E-state index contributed by atoms with van der Waals surface area (Å²) in [5.41, 5.74) is 0.141. The number of piperidine rings is 1. The molecular formula is C24H28N4O5. The minimum atomic E-state index is -0.610. The summed E-state index contributed by atoms with van der Waals surface area (Å²) in [6, 6.07) is 8.54. The lowest BCUT2D eigenvalue weighted by Crippen LogP contribution is -2.42. The van der Waals surface area contributed by atoms with Gasteiger partial charge < -0.3 is 14.7 Å². The molecular weight excluding hydrogens is 424 g/mol. The molecule has 0 saturated carbocycles. The zero-order chi connectivity index (χ0) is 23.9. The van der Waals surface area contributed by atoms with Gasteiger partial charge in [-0.15, -0.1) is 0 Å². The molecule has 0 radical (unpaired) electrons. The topological polar surface area (TPSA) is 118 Å². The molecule has 1 unspecified atom stereocenters. The third kappa shape index (κ3) is 4.48. The van der Waals surface area contributed by atoms with Gasteiger partial charge in [-0.05, 0) is 57.4 Å². The van der Waals surface area contributed by atoms with Crippen molar-refractivity contribution in [3.63, 3.8) is 0 Å². The van der Waals surface area contributed by atoms with E-state index in [-0.39, 0.29) is 17.3 Å². The molecule has 1 amide bonds. The number of pyridine rings is 1. The minimum Gasteiger partial charge on any atom is -0.507 e. The van der Waals surface area contributed by atoms with E-state index in [4.69, 9.17) is 4.74 Å². The second kappa shape index (κ2) is 8.38. The molecule has 1 atom stereocenters. The molecule has 4 rings (SSSR count). The first-order chi connectivity index (χ1) is 15.5. The number of H-pyrrole nitrogens is 1. The van der Waals surface area contributed by atoms with Crippen molar-refractivity contribution in [2.24, 2.45) is 7.05 Å². The van der Waals surface area contributed by atoms with E-state index in [0.717, 1.165) is 17.4 Å². The number of rotatable bonds is 2. The number of hydrogen-bond acceptors (Lipinski definition) is 6. The fourth-order valence-corrected chi connectivity index (χ4v) is 4.20. The summed E-state index contributed by atoms with van der Waals surface area (Å²) in [6.45, 7) is 6.40. The van der Waals surface area contributed by atoms with Crippen molar-refractivity contribution in [1.82, 2.24) is 19.4 Å². The lowest BCUT2D eigenvalue weighted by atomic mass is 9.88. The largest absolute Gasteiger partial charge is 0.507 e. The molecule has 1 saturated heterocycles. The predicted octanol–water partition coefficient (Wildman–Crippen LogP) is 3.11. The number of phenols is 1. The van der Waals surface area contributed by atoms with E-state index in [9.17, 15) is 19.5 Å². The minimum absolute atomic E-state index is 0.0421. The second-order valence-electron chi connectivity index (χ2n) is 9.40. The first-order valence-corrected chi connectivity index (χ1v) is 11.0. The van der Waals surface area contributed by atoms with Gasteiger partial charge in [0.15, 0.2) is 0 Å². The van der Waals surface area contributed by atoms with Crippen LogP contribution >= 0.6 is 0 Å². The molecule has 1 fully saturated rings. The van der Waals surface area contributed by atoms with Crippen molar-refractivity contribution in [1.29, 1.82) is 0 Å². The number of carbonyl (C=O) groups is 1. The average molecular weight is 453 g/mol. The highest BCUT2D eigenvalue weighted by molar-refractivity contribution is 5.83.